The molecular formula is C31H38N6O6. The third-order valence-corrected chi connectivity index (χ3v) is 7.36. The van der Waals surface area contributed by atoms with Crippen LogP contribution in [0.1, 0.15) is 29.2 Å². The van der Waals surface area contributed by atoms with E-state index in [4.69, 9.17) is 30.3 Å². The Balaban J connectivity index is 1.90. The van der Waals surface area contributed by atoms with E-state index in [9.17, 15) is 14.8 Å². The number of amides is 1. The summed E-state index contributed by atoms with van der Waals surface area (Å²) in [5.74, 6) is -0.0331. The minimum absolute atomic E-state index is 0.0816. The average molecular weight is 591 g/mol. The van der Waals surface area contributed by atoms with Crippen LogP contribution in [0.15, 0.2) is 51.6 Å². The highest BCUT2D eigenvalue weighted by molar-refractivity contribution is 6.11. The predicted octanol–water partition coefficient (Wildman–Crippen LogP) is 3.12. The zero-order valence-corrected chi connectivity index (χ0v) is 25.4. The van der Waals surface area contributed by atoms with E-state index in [-0.39, 0.29) is 30.2 Å². The number of ether oxygens (including phenoxy) is 3. The van der Waals surface area contributed by atoms with E-state index in [2.05, 4.69) is 0 Å². The monoisotopic (exact) mass is 590 g/mol. The molecule has 12 nitrogen and oxygen atoms in total. The molecule has 0 radical (unpaired) electrons. The van der Waals surface area contributed by atoms with Crippen molar-refractivity contribution in [3.8, 4) is 22.8 Å². The van der Waals surface area contributed by atoms with Crippen LogP contribution in [0.2, 0.25) is 0 Å². The van der Waals surface area contributed by atoms with Crippen molar-refractivity contribution in [2.24, 2.45) is 10.7 Å². The molecule has 1 aliphatic rings. The van der Waals surface area contributed by atoms with Crippen LogP contribution < -0.4 is 26.4 Å². The fourth-order valence-electron chi connectivity index (χ4n) is 5.32. The van der Waals surface area contributed by atoms with E-state index in [1.807, 2.05) is 58.0 Å². The van der Waals surface area contributed by atoms with Crippen molar-refractivity contribution in [1.29, 1.82) is 5.41 Å². The number of benzene rings is 2. The van der Waals surface area contributed by atoms with Crippen LogP contribution in [0.4, 0.5) is 5.69 Å². The largest absolute Gasteiger partial charge is 0.493 e. The summed E-state index contributed by atoms with van der Waals surface area (Å²) in [6.07, 6.45) is 1.30. The molecule has 1 amide bonds. The molecule has 1 aliphatic heterocycles. The first-order valence-electron chi connectivity index (χ1n) is 13.9. The maximum absolute atomic E-state index is 14.0. The van der Waals surface area contributed by atoms with Gasteiger partial charge in [-0.05, 0) is 62.9 Å². The van der Waals surface area contributed by atoms with Crippen LogP contribution in [0.3, 0.4) is 0 Å². The van der Waals surface area contributed by atoms with Crippen molar-refractivity contribution in [2.75, 3.05) is 27.4 Å². The SMILES string of the molecule is CCOc1cc2c(cc1OC)-c1cc(=Nc3c(C)cc(C)cc3C)n(CCN(O)C(=O)C(C=N)=C(N)OC)c(=O)n1CC2. The number of hydrogen-bond donors (Lipinski definition) is 3. The topological polar surface area (TPSA) is 157 Å². The first-order chi connectivity index (χ1) is 20.5. The zero-order chi connectivity index (χ0) is 31.4. The van der Waals surface area contributed by atoms with Gasteiger partial charge >= 0.3 is 5.69 Å². The van der Waals surface area contributed by atoms with Crippen LogP contribution in [-0.4, -0.2) is 58.9 Å². The van der Waals surface area contributed by atoms with Gasteiger partial charge in [-0.3, -0.25) is 19.1 Å². The number of aryl methyl sites for hydroxylation is 4. The number of methoxy groups -OCH3 is 2. The first kappa shape index (κ1) is 31.1. The Morgan fingerprint density at radius 1 is 1.14 bits per heavy atom. The van der Waals surface area contributed by atoms with Gasteiger partial charge in [0.25, 0.3) is 5.91 Å². The number of carbonyl (C=O) groups is 1. The molecule has 43 heavy (non-hydrogen) atoms. The smallest absolute Gasteiger partial charge is 0.330 e. The van der Waals surface area contributed by atoms with Gasteiger partial charge in [0.05, 0.1) is 38.8 Å². The fraction of sp³-hybridized carbons (Fsp3) is 0.355. The van der Waals surface area contributed by atoms with Crippen LogP contribution in [0.5, 0.6) is 11.5 Å². The number of hydroxylamine groups is 2. The minimum atomic E-state index is -0.928. The highest BCUT2D eigenvalue weighted by Gasteiger charge is 2.24. The summed E-state index contributed by atoms with van der Waals surface area (Å²) < 4.78 is 19.3. The molecular weight excluding hydrogens is 552 g/mol. The summed E-state index contributed by atoms with van der Waals surface area (Å²) in [6, 6.07) is 9.72. The minimum Gasteiger partial charge on any atom is -0.493 e. The Morgan fingerprint density at radius 3 is 2.44 bits per heavy atom. The predicted molar refractivity (Wildman–Crippen MR) is 162 cm³/mol. The lowest BCUT2D eigenvalue weighted by Crippen LogP contribution is -2.44. The maximum Gasteiger partial charge on any atom is 0.330 e. The molecule has 4 rings (SSSR count). The second-order valence-corrected chi connectivity index (χ2v) is 10.2. The van der Waals surface area contributed by atoms with Gasteiger partial charge in [0.2, 0.25) is 0 Å². The third kappa shape index (κ3) is 6.19. The van der Waals surface area contributed by atoms with Crippen molar-refractivity contribution in [3.63, 3.8) is 0 Å². The second kappa shape index (κ2) is 13.0. The van der Waals surface area contributed by atoms with Crippen LogP contribution in [0, 0.1) is 26.2 Å². The zero-order valence-electron chi connectivity index (χ0n) is 25.4. The van der Waals surface area contributed by atoms with Gasteiger partial charge in [0.1, 0.15) is 11.1 Å². The highest BCUT2D eigenvalue weighted by atomic mass is 16.5. The molecule has 2 aromatic carbocycles. The molecule has 0 fully saturated rings. The number of carbonyl (C=O) groups excluding carboxylic acids is 1. The average Bonchev–Trinajstić information content (AvgIpc) is 2.98. The van der Waals surface area contributed by atoms with Gasteiger partial charge in [0, 0.05) is 30.9 Å². The molecule has 0 saturated heterocycles. The summed E-state index contributed by atoms with van der Waals surface area (Å²) in [5, 5.41) is 18.5. The Kier molecular flexibility index (Phi) is 9.40. The number of nitrogens with zero attached hydrogens (tertiary/aromatic N) is 4. The van der Waals surface area contributed by atoms with Crippen molar-refractivity contribution < 1.29 is 24.2 Å². The lowest BCUT2D eigenvalue weighted by molar-refractivity contribution is -0.160. The third-order valence-electron chi connectivity index (χ3n) is 7.36. The number of nitrogens with one attached hydrogen (secondary N) is 1. The quantitative estimate of drug-likeness (QED) is 0.108. The van der Waals surface area contributed by atoms with Gasteiger partial charge in [-0.2, -0.15) is 0 Å². The second-order valence-electron chi connectivity index (χ2n) is 10.2. The molecule has 3 aromatic rings. The molecule has 0 bridgehead atoms. The van der Waals surface area contributed by atoms with Crippen LogP contribution in [-0.2, 0) is 29.0 Å². The molecule has 0 unspecified atom stereocenters. The molecule has 2 heterocycles. The van der Waals surface area contributed by atoms with Gasteiger partial charge < -0.3 is 25.4 Å². The van der Waals surface area contributed by atoms with Gasteiger partial charge in [0.15, 0.2) is 17.4 Å². The van der Waals surface area contributed by atoms with Crippen LogP contribution >= 0.6 is 0 Å². The van der Waals surface area contributed by atoms with Gasteiger partial charge in [-0.1, -0.05) is 17.7 Å². The van der Waals surface area contributed by atoms with E-state index in [0.29, 0.717) is 53.5 Å². The van der Waals surface area contributed by atoms with Crippen LogP contribution in [0.25, 0.3) is 11.3 Å². The van der Waals surface area contributed by atoms with E-state index in [0.717, 1.165) is 33.5 Å². The summed E-state index contributed by atoms with van der Waals surface area (Å²) >= 11 is 0. The Hall–Kier alpha value is -4.84. The number of fused-ring (bicyclic) bond motifs is 3. The Bertz CT molecular complexity index is 1710. The van der Waals surface area contributed by atoms with E-state index in [1.54, 1.807) is 11.7 Å². The lowest BCUT2D eigenvalue weighted by atomic mass is 9.97. The molecule has 228 valence electrons. The first-order valence-corrected chi connectivity index (χ1v) is 13.9. The fourth-order valence-corrected chi connectivity index (χ4v) is 5.32. The standard InChI is InChI=1S/C31H38N6O6/c1-7-43-26-14-21-8-9-35-24(22(21)15-25(26)41-5)16-27(34-28-19(3)12-18(2)13-20(28)4)36(31(35)39)10-11-37(40)30(38)23(17-32)29(33)42-6/h12-17,32,40H,7-11,33H2,1-6H3. The molecule has 0 atom stereocenters. The molecule has 12 heteroatoms. The molecule has 1 aromatic heterocycles. The van der Waals surface area contributed by atoms with Gasteiger partial charge in [-0.15, -0.1) is 0 Å². The number of aromatic nitrogens is 2. The number of nitrogens with two attached hydrogens (primary N) is 1. The van der Waals surface area contributed by atoms with Crippen molar-refractivity contribution in [3.05, 3.63) is 80.0 Å². The van der Waals surface area contributed by atoms with Crippen molar-refractivity contribution in [2.45, 2.75) is 47.2 Å². The summed E-state index contributed by atoms with van der Waals surface area (Å²) in [4.78, 5) is 31.8. The van der Waals surface area contributed by atoms with E-state index >= 15 is 0 Å². The van der Waals surface area contributed by atoms with E-state index < -0.39 is 5.91 Å². The number of rotatable bonds is 10. The van der Waals surface area contributed by atoms with Crippen molar-refractivity contribution in [1.82, 2.24) is 14.2 Å². The summed E-state index contributed by atoms with van der Waals surface area (Å²) in [5.41, 5.74) is 11.6. The van der Waals surface area contributed by atoms with E-state index in [1.165, 1.54) is 11.7 Å². The molecule has 0 spiro atoms. The Labute approximate surface area is 249 Å². The molecule has 0 saturated carbocycles. The molecule has 0 aliphatic carbocycles. The van der Waals surface area contributed by atoms with Gasteiger partial charge in [-0.25, -0.2) is 14.9 Å². The maximum atomic E-state index is 14.0. The normalized spacial score (nSPS) is 13.0. The highest BCUT2D eigenvalue weighted by Crippen LogP contribution is 2.37. The summed E-state index contributed by atoms with van der Waals surface area (Å²) in [6.45, 7) is 8.39. The number of hydrogen-bond acceptors (Lipinski definition) is 9. The molecule has 4 N–H and O–H groups in total. The Morgan fingerprint density at radius 2 is 1.84 bits per heavy atom. The van der Waals surface area contributed by atoms with Crippen molar-refractivity contribution >= 4 is 17.8 Å². The lowest BCUT2D eigenvalue weighted by Gasteiger charge is -2.25. The summed E-state index contributed by atoms with van der Waals surface area (Å²) in [7, 11) is 2.83.